The fourth-order valence-electron chi connectivity index (χ4n) is 8.61. The predicted molar refractivity (Wildman–Crippen MR) is 268 cm³/mol. The molecule has 1 aromatic heterocycles. The van der Waals surface area contributed by atoms with Crippen LogP contribution in [0.25, 0.3) is 53.6 Å². The zero-order valence-corrected chi connectivity index (χ0v) is 36.2. The van der Waals surface area contributed by atoms with Crippen LogP contribution in [-0.4, -0.2) is 0 Å². The smallest absolute Gasteiger partial charge is 0.0462 e. The van der Waals surface area contributed by atoms with Gasteiger partial charge in [0.15, 0.2) is 0 Å². The van der Waals surface area contributed by atoms with Crippen molar-refractivity contribution in [2.24, 2.45) is 0 Å². The number of thiophene rings is 1. The van der Waals surface area contributed by atoms with Gasteiger partial charge < -0.3 is 9.80 Å². The molecule has 10 aromatic rings. The van der Waals surface area contributed by atoms with Crippen LogP contribution >= 0.6 is 11.3 Å². The lowest BCUT2D eigenvalue weighted by atomic mass is 10.0. The van der Waals surface area contributed by atoms with Gasteiger partial charge in [0.25, 0.3) is 0 Å². The molecule has 0 spiro atoms. The molecule has 0 N–H and O–H groups in total. The van der Waals surface area contributed by atoms with Gasteiger partial charge in [-0.15, -0.1) is 11.3 Å². The van der Waals surface area contributed by atoms with Crippen molar-refractivity contribution in [2.75, 3.05) is 9.80 Å². The molecule has 0 aliphatic heterocycles. The monoisotopic (exact) mass is 816 g/mol. The van der Waals surface area contributed by atoms with Gasteiger partial charge in [0.1, 0.15) is 0 Å². The summed E-state index contributed by atoms with van der Waals surface area (Å²) in [5.41, 5.74) is 17.9. The normalized spacial score (nSPS) is 11.3. The Kier molecular flexibility index (Phi) is 10.7. The number of fused-ring (bicyclic) bond motifs is 3. The van der Waals surface area contributed by atoms with Gasteiger partial charge in [0.2, 0.25) is 0 Å². The first-order valence-electron chi connectivity index (χ1n) is 21.6. The molecule has 9 aromatic carbocycles. The average molecular weight is 817 g/mol. The number of hydrogen-bond donors (Lipinski definition) is 0. The van der Waals surface area contributed by atoms with Gasteiger partial charge in [-0.1, -0.05) is 158 Å². The van der Waals surface area contributed by atoms with E-state index in [1.165, 1.54) is 70.2 Å². The average Bonchev–Trinajstić information content (AvgIpc) is 3.71. The summed E-state index contributed by atoms with van der Waals surface area (Å²) in [7, 11) is 0. The molecule has 0 fully saturated rings. The van der Waals surface area contributed by atoms with E-state index in [1.807, 2.05) is 11.3 Å². The van der Waals surface area contributed by atoms with Gasteiger partial charge in [-0.05, 0) is 138 Å². The Morgan fingerprint density at radius 2 is 0.726 bits per heavy atom. The summed E-state index contributed by atoms with van der Waals surface area (Å²) in [4.78, 5) is 4.69. The highest BCUT2D eigenvalue weighted by atomic mass is 32.1. The topological polar surface area (TPSA) is 6.48 Å². The van der Waals surface area contributed by atoms with Gasteiger partial charge in [0.05, 0.1) is 0 Å². The first-order valence-corrected chi connectivity index (χ1v) is 22.4. The SMILES string of the molecule is CCCc1ccc(-c2ccc(N(c3ccc(C)cc3)c3ccc(-c4ccc(N(c5ccc(C)cc5)c5ccc(-c6cccc7c6sc6ccccc67)cc5)cc4)cc3)cc2)cc1. The number of aryl methyl sites for hydroxylation is 3. The lowest BCUT2D eigenvalue weighted by Gasteiger charge is -2.26. The second-order valence-corrected chi connectivity index (χ2v) is 17.3. The van der Waals surface area contributed by atoms with Gasteiger partial charge in [-0.3, -0.25) is 0 Å². The van der Waals surface area contributed by atoms with Crippen LogP contribution in [-0.2, 0) is 6.42 Å². The Bertz CT molecular complexity index is 3090. The summed E-state index contributed by atoms with van der Waals surface area (Å²) in [6, 6.07) is 77.9. The van der Waals surface area contributed by atoms with E-state index in [4.69, 9.17) is 0 Å². The second-order valence-electron chi connectivity index (χ2n) is 16.3. The fourth-order valence-corrected chi connectivity index (χ4v) is 9.85. The van der Waals surface area contributed by atoms with Crippen LogP contribution in [0.5, 0.6) is 0 Å². The lowest BCUT2D eigenvalue weighted by molar-refractivity contribution is 0.922. The summed E-state index contributed by atoms with van der Waals surface area (Å²) >= 11 is 1.88. The predicted octanol–water partition coefficient (Wildman–Crippen LogP) is 17.6. The third-order valence-electron chi connectivity index (χ3n) is 12.0. The van der Waals surface area contributed by atoms with Crippen LogP contribution in [0.4, 0.5) is 34.1 Å². The van der Waals surface area contributed by atoms with Crippen LogP contribution in [0, 0.1) is 13.8 Å². The Morgan fingerprint density at radius 3 is 1.16 bits per heavy atom. The molecule has 0 bridgehead atoms. The van der Waals surface area contributed by atoms with E-state index in [9.17, 15) is 0 Å². The van der Waals surface area contributed by atoms with Crippen molar-refractivity contribution in [1.29, 1.82) is 0 Å². The van der Waals surface area contributed by atoms with Crippen molar-refractivity contribution < 1.29 is 0 Å². The number of benzene rings is 9. The fraction of sp³-hybridized carbons (Fsp3) is 0.0847. The summed E-state index contributed by atoms with van der Waals surface area (Å²) < 4.78 is 2.66. The first kappa shape index (κ1) is 39.0. The molecule has 0 unspecified atom stereocenters. The maximum Gasteiger partial charge on any atom is 0.0462 e. The molecule has 1 heterocycles. The Hall–Kier alpha value is -7.20. The van der Waals surface area contributed by atoms with Crippen molar-refractivity contribution >= 4 is 65.6 Å². The quantitative estimate of drug-likeness (QED) is 0.128. The lowest BCUT2D eigenvalue weighted by Crippen LogP contribution is -2.10. The Morgan fingerprint density at radius 1 is 0.355 bits per heavy atom. The highest BCUT2D eigenvalue weighted by molar-refractivity contribution is 7.26. The third kappa shape index (κ3) is 7.80. The zero-order chi connectivity index (χ0) is 42.0. The van der Waals surface area contributed by atoms with Gasteiger partial charge in [-0.2, -0.15) is 0 Å². The molecule has 300 valence electrons. The van der Waals surface area contributed by atoms with E-state index in [0.717, 1.165) is 47.0 Å². The molecular weight excluding hydrogens is 769 g/mol. The number of anilines is 6. The minimum atomic E-state index is 1.11. The third-order valence-corrected chi connectivity index (χ3v) is 13.2. The molecular formula is C59H48N2S. The standard InChI is InChI=1S/C59H48N2S/c1-4-8-43-17-19-44(20-18-43)45-21-33-51(34-22-45)60(49-29-13-41(2)14-30-49)52-35-23-46(24-36-52)47-25-37-53(38-26-47)61(50-31-15-42(3)16-32-50)54-39-27-48(28-40-54)55-10-7-11-57-56-9-5-6-12-58(56)62-59(55)57/h5-7,9-40H,4,8H2,1-3H3. The molecule has 0 saturated carbocycles. The summed E-state index contributed by atoms with van der Waals surface area (Å²) in [5.74, 6) is 0. The van der Waals surface area contributed by atoms with Gasteiger partial charge in [0, 0.05) is 54.3 Å². The maximum absolute atomic E-state index is 2.35. The zero-order valence-electron chi connectivity index (χ0n) is 35.4. The molecule has 0 aliphatic rings. The van der Waals surface area contributed by atoms with Crippen LogP contribution < -0.4 is 9.80 Å². The molecule has 0 radical (unpaired) electrons. The molecule has 3 heteroatoms. The Balaban J connectivity index is 0.934. The van der Waals surface area contributed by atoms with Crippen molar-refractivity contribution in [2.45, 2.75) is 33.6 Å². The number of hydrogen-bond acceptors (Lipinski definition) is 3. The summed E-state index contributed by atoms with van der Waals surface area (Å²) in [6.45, 7) is 6.51. The number of rotatable bonds is 11. The summed E-state index contributed by atoms with van der Waals surface area (Å²) in [6.07, 6.45) is 2.27. The van der Waals surface area contributed by atoms with Gasteiger partial charge >= 0.3 is 0 Å². The molecule has 2 nitrogen and oxygen atoms in total. The highest BCUT2D eigenvalue weighted by Gasteiger charge is 2.17. The van der Waals surface area contributed by atoms with Crippen molar-refractivity contribution in [3.63, 3.8) is 0 Å². The molecule has 10 rings (SSSR count). The van der Waals surface area contributed by atoms with Crippen LogP contribution in [0.2, 0.25) is 0 Å². The highest BCUT2D eigenvalue weighted by Crippen LogP contribution is 2.42. The van der Waals surface area contributed by atoms with E-state index >= 15 is 0 Å². The molecule has 0 aliphatic carbocycles. The largest absolute Gasteiger partial charge is 0.311 e. The molecule has 62 heavy (non-hydrogen) atoms. The molecule has 0 atom stereocenters. The first-order chi connectivity index (χ1) is 30.5. The van der Waals surface area contributed by atoms with Crippen molar-refractivity contribution in [1.82, 2.24) is 0 Å². The van der Waals surface area contributed by atoms with Crippen molar-refractivity contribution in [3.05, 3.63) is 229 Å². The van der Waals surface area contributed by atoms with E-state index in [2.05, 4.69) is 243 Å². The summed E-state index contributed by atoms with van der Waals surface area (Å²) in [5, 5.41) is 2.65. The van der Waals surface area contributed by atoms with E-state index < -0.39 is 0 Å². The maximum atomic E-state index is 2.35. The Labute approximate surface area is 369 Å². The van der Waals surface area contributed by atoms with E-state index in [1.54, 1.807) is 0 Å². The molecule has 0 saturated heterocycles. The van der Waals surface area contributed by atoms with Crippen LogP contribution in [0.15, 0.2) is 212 Å². The van der Waals surface area contributed by atoms with Crippen molar-refractivity contribution in [3.8, 4) is 33.4 Å². The molecule has 0 amide bonds. The minimum absolute atomic E-state index is 1.11. The van der Waals surface area contributed by atoms with E-state index in [0.29, 0.717) is 0 Å². The number of nitrogens with zero attached hydrogens (tertiary/aromatic N) is 2. The van der Waals surface area contributed by atoms with E-state index in [-0.39, 0.29) is 0 Å². The van der Waals surface area contributed by atoms with Crippen LogP contribution in [0.3, 0.4) is 0 Å². The van der Waals surface area contributed by atoms with Gasteiger partial charge in [-0.25, -0.2) is 0 Å². The minimum Gasteiger partial charge on any atom is -0.311 e. The second kappa shape index (κ2) is 17.0. The van der Waals surface area contributed by atoms with Crippen LogP contribution in [0.1, 0.15) is 30.0 Å².